The fourth-order valence-electron chi connectivity index (χ4n) is 2.10. The molecule has 1 heterocycles. The van der Waals surface area contributed by atoms with E-state index in [9.17, 15) is 0 Å². The van der Waals surface area contributed by atoms with E-state index in [1.54, 1.807) is 5.57 Å². The summed E-state index contributed by atoms with van der Waals surface area (Å²) >= 11 is 0. The highest BCUT2D eigenvalue weighted by atomic mass is 16.5. The third kappa shape index (κ3) is 2.82. The molecule has 1 N–H and O–H groups in total. The van der Waals surface area contributed by atoms with Crippen molar-refractivity contribution in [2.45, 2.75) is 38.1 Å². The van der Waals surface area contributed by atoms with Gasteiger partial charge in [0.25, 0.3) is 0 Å². The summed E-state index contributed by atoms with van der Waals surface area (Å²) < 4.78 is 5.30. The molecule has 13 heavy (non-hydrogen) atoms. The Morgan fingerprint density at radius 1 is 1.54 bits per heavy atom. The van der Waals surface area contributed by atoms with Crippen LogP contribution < -0.4 is 5.32 Å². The van der Waals surface area contributed by atoms with E-state index < -0.39 is 0 Å². The second kappa shape index (κ2) is 4.77. The van der Waals surface area contributed by atoms with Gasteiger partial charge in [0.2, 0.25) is 0 Å². The highest BCUT2D eigenvalue weighted by molar-refractivity contribution is 5.07. The molecule has 0 amide bonds. The van der Waals surface area contributed by atoms with Crippen LogP contribution in [-0.4, -0.2) is 25.8 Å². The molecule has 0 bridgehead atoms. The average molecular weight is 181 g/mol. The fourth-order valence-corrected chi connectivity index (χ4v) is 2.10. The van der Waals surface area contributed by atoms with Crippen LogP contribution in [0, 0.1) is 0 Å². The minimum atomic E-state index is 0.627. The van der Waals surface area contributed by atoms with E-state index in [1.165, 1.54) is 32.1 Å². The van der Waals surface area contributed by atoms with Crippen molar-refractivity contribution >= 4 is 0 Å². The third-order valence-electron chi connectivity index (χ3n) is 2.94. The van der Waals surface area contributed by atoms with E-state index in [4.69, 9.17) is 4.74 Å². The summed E-state index contributed by atoms with van der Waals surface area (Å²) in [5.41, 5.74) is 1.66. The third-order valence-corrected chi connectivity index (χ3v) is 2.94. The van der Waals surface area contributed by atoms with E-state index in [2.05, 4.69) is 11.4 Å². The van der Waals surface area contributed by atoms with Crippen molar-refractivity contribution in [3.8, 4) is 0 Å². The zero-order chi connectivity index (χ0) is 8.93. The van der Waals surface area contributed by atoms with Crippen LogP contribution in [0.25, 0.3) is 0 Å². The molecule has 1 atom stereocenters. The maximum Gasteiger partial charge on any atom is 0.0620 e. The molecule has 2 rings (SSSR count). The zero-order valence-electron chi connectivity index (χ0n) is 8.22. The first-order valence-electron chi connectivity index (χ1n) is 5.44. The lowest BCUT2D eigenvalue weighted by Gasteiger charge is -2.10. The predicted molar refractivity (Wildman–Crippen MR) is 53.8 cm³/mol. The first kappa shape index (κ1) is 9.22. The van der Waals surface area contributed by atoms with Gasteiger partial charge in [-0.15, -0.1) is 0 Å². The molecule has 0 aromatic carbocycles. The minimum Gasteiger partial charge on any atom is -0.380 e. The Labute approximate surface area is 80.4 Å². The number of nitrogens with one attached hydrogen (secondary N) is 1. The molecule has 0 aromatic rings. The Hall–Kier alpha value is -0.340. The Bertz CT molecular complexity index is 183. The Morgan fingerprint density at radius 3 is 3.23 bits per heavy atom. The van der Waals surface area contributed by atoms with Crippen molar-refractivity contribution in [3.05, 3.63) is 11.6 Å². The maximum atomic E-state index is 5.30. The summed E-state index contributed by atoms with van der Waals surface area (Å²) in [4.78, 5) is 0. The number of rotatable bonds is 4. The van der Waals surface area contributed by atoms with Gasteiger partial charge in [-0.05, 0) is 38.6 Å². The number of allylic oxidation sites excluding steroid dienone is 1. The molecule has 1 saturated heterocycles. The largest absolute Gasteiger partial charge is 0.380 e. The van der Waals surface area contributed by atoms with Crippen LogP contribution in [0.15, 0.2) is 11.6 Å². The van der Waals surface area contributed by atoms with Gasteiger partial charge >= 0.3 is 0 Å². The average Bonchev–Trinajstić information content (AvgIpc) is 2.75. The standard InChI is InChI=1S/C11H19NO/c1-2-4-10(3-1)5-7-12-11-6-8-13-9-11/h3,11-12H,1-2,4-9H2. The van der Waals surface area contributed by atoms with E-state index in [-0.39, 0.29) is 0 Å². The first-order chi connectivity index (χ1) is 6.45. The molecule has 0 saturated carbocycles. The van der Waals surface area contributed by atoms with Crippen LogP contribution in [0.1, 0.15) is 32.1 Å². The molecular formula is C11H19NO. The summed E-state index contributed by atoms with van der Waals surface area (Å²) in [5, 5.41) is 3.54. The molecule has 2 nitrogen and oxygen atoms in total. The molecule has 2 aliphatic rings. The first-order valence-corrected chi connectivity index (χ1v) is 5.44. The summed E-state index contributed by atoms with van der Waals surface area (Å²) in [5.74, 6) is 0. The smallest absolute Gasteiger partial charge is 0.0620 e. The second-order valence-corrected chi connectivity index (χ2v) is 4.02. The van der Waals surface area contributed by atoms with Crippen molar-refractivity contribution in [2.75, 3.05) is 19.8 Å². The summed E-state index contributed by atoms with van der Waals surface area (Å²) in [7, 11) is 0. The van der Waals surface area contributed by atoms with Gasteiger partial charge < -0.3 is 10.1 Å². The Balaban J connectivity index is 1.57. The molecule has 74 valence electrons. The van der Waals surface area contributed by atoms with Gasteiger partial charge in [0.15, 0.2) is 0 Å². The highest BCUT2D eigenvalue weighted by Gasteiger charge is 2.14. The highest BCUT2D eigenvalue weighted by Crippen LogP contribution is 2.19. The van der Waals surface area contributed by atoms with Crippen molar-refractivity contribution in [1.82, 2.24) is 5.32 Å². The normalized spacial score (nSPS) is 28.0. The van der Waals surface area contributed by atoms with Crippen molar-refractivity contribution in [1.29, 1.82) is 0 Å². The van der Waals surface area contributed by atoms with Crippen molar-refractivity contribution in [3.63, 3.8) is 0 Å². The number of hydrogen-bond donors (Lipinski definition) is 1. The van der Waals surface area contributed by atoms with Gasteiger partial charge in [0.05, 0.1) is 6.61 Å². The van der Waals surface area contributed by atoms with Gasteiger partial charge in [0.1, 0.15) is 0 Å². The van der Waals surface area contributed by atoms with Crippen molar-refractivity contribution in [2.24, 2.45) is 0 Å². The lowest BCUT2D eigenvalue weighted by atomic mass is 10.1. The topological polar surface area (TPSA) is 21.3 Å². The SMILES string of the molecule is C1=C(CCNC2CCOC2)CCC1. The van der Waals surface area contributed by atoms with Crippen LogP contribution in [-0.2, 0) is 4.74 Å². The molecule has 2 heteroatoms. The van der Waals surface area contributed by atoms with Crippen LogP contribution in [0.5, 0.6) is 0 Å². The summed E-state index contributed by atoms with van der Waals surface area (Å²) in [6, 6.07) is 0.627. The Morgan fingerprint density at radius 2 is 2.54 bits per heavy atom. The zero-order valence-corrected chi connectivity index (χ0v) is 8.22. The van der Waals surface area contributed by atoms with Gasteiger partial charge in [0, 0.05) is 12.6 Å². The van der Waals surface area contributed by atoms with Crippen LogP contribution in [0.2, 0.25) is 0 Å². The van der Waals surface area contributed by atoms with Crippen LogP contribution >= 0.6 is 0 Å². The molecule has 0 radical (unpaired) electrons. The predicted octanol–water partition coefficient (Wildman–Crippen LogP) is 1.87. The number of hydrogen-bond acceptors (Lipinski definition) is 2. The van der Waals surface area contributed by atoms with Gasteiger partial charge in [-0.1, -0.05) is 11.6 Å². The van der Waals surface area contributed by atoms with Crippen molar-refractivity contribution < 1.29 is 4.74 Å². The monoisotopic (exact) mass is 181 g/mol. The fraction of sp³-hybridized carbons (Fsp3) is 0.818. The minimum absolute atomic E-state index is 0.627. The number of ether oxygens (including phenoxy) is 1. The molecule has 0 aromatic heterocycles. The Kier molecular flexibility index (Phi) is 3.39. The van der Waals surface area contributed by atoms with Gasteiger partial charge in [-0.3, -0.25) is 0 Å². The van der Waals surface area contributed by atoms with E-state index >= 15 is 0 Å². The molecule has 0 spiro atoms. The molecule has 1 fully saturated rings. The van der Waals surface area contributed by atoms with Crippen LogP contribution in [0.3, 0.4) is 0 Å². The molecular weight excluding hydrogens is 162 g/mol. The van der Waals surface area contributed by atoms with E-state index in [0.29, 0.717) is 6.04 Å². The quantitative estimate of drug-likeness (QED) is 0.668. The lowest BCUT2D eigenvalue weighted by molar-refractivity contribution is 0.190. The van der Waals surface area contributed by atoms with Gasteiger partial charge in [-0.2, -0.15) is 0 Å². The lowest BCUT2D eigenvalue weighted by Crippen LogP contribution is -2.30. The van der Waals surface area contributed by atoms with Crippen LogP contribution in [0.4, 0.5) is 0 Å². The van der Waals surface area contributed by atoms with E-state index in [1.807, 2.05) is 0 Å². The molecule has 1 unspecified atom stereocenters. The summed E-state index contributed by atoms with van der Waals surface area (Å²) in [6.07, 6.45) is 8.87. The second-order valence-electron chi connectivity index (χ2n) is 4.02. The van der Waals surface area contributed by atoms with E-state index in [0.717, 1.165) is 19.8 Å². The molecule has 1 aliphatic heterocycles. The van der Waals surface area contributed by atoms with Gasteiger partial charge in [-0.25, -0.2) is 0 Å². The maximum absolute atomic E-state index is 5.30. The summed E-state index contributed by atoms with van der Waals surface area (Å²) in [6.45, 7) is 3.00. The molecule has 1 aliphatic carbocycles.